The normalized spacial score (nSPS) is 9.33. The zero-order valence-corrected chi connectivity index (χ0v) is 8.36. The molecule has 4 heteroatoms. The summed E-state index contributed by atoms with van der Waals surface area (Å²) < 4.78 is 4.98. The first kappa shape index (κ1) is 11.1. The molecular weight excluding hydrogens is 194 g/mol. The van der Waals surface area contributed by atoms with Gasteiger partial charge in [-0.3, -0.25) is 4.79 Å². The highest BCUT2D eigenvalue weighted by molar-refractivity contribution is 5.67. The van der Waals surface area contributed by atoms with Crippen LogP contribution in [-0.2, 0) is 11.2 Å². The SMILES string of the molecule is COc1ccc(CCC(=O)O)cc1C#N. The molecule has 0 radical (unpaired) electrons. The van der Waals surface area contributed by atoms with Gasteiger partial charge in [0.15, 0.2) is 0 Å². The molecule has 0 heterocycles. The van der Waals surface area contributed by atoms with Gasteiger partial charge < -0.3 is 9.84 Å². The Morgan fingerprint density at radius 1 is 1.60 bits per heavy atom. The molecule has 0 atom stereocenters. The molecule has 4 nitrogen and oxygen atoms in total. The van der Waals surface area contributed by atoms with Gasteiger partial charge in [0.2, 0.25) is 0 Å². The van der Waals surface area contributed by atoms with Crippen molar-refractivity contribution in [3.8, 4) is 11.8 Å². The van der Waals surface area contributed by atoms with Gasteiger partial charge in [-0.25, -0.2) is 0 Å². The number of nitriles is 1. The van der Waals surface area contributed by atoms with Gasteiger partial charge in [-0.15, -0.1) is 0 Å². The summed E-state index contributed by atoms with van der Waals surface area (Å²) in [5, 5.41) is 17.3. The number of carboxylic acids is 1. The van der Waals surface area contributed by atoms with Gasteiger partial charge in [0.05, 0.1) is 12.7 Å². The standard InChI is InChI=1S/C11H11NO3/c1-15-10-4-2-8(3-5-11(13)14)6-9(10)7-12/h2,4,6H,3,5H2,1H3,(H,13,14). The first-order valence-corrected chi connectivity index (χ1v) is 4.46. The number of carboxylic acid groups (broad SMARTS) is 1. The summed E-state index contributed by atoms with van der Waals surface area (Å²) in [6, 6.07) is 7.10. The first-order chi connectivity index (χ1) is 7.17. The molecular formula is C11H11NO3. The summed E-state index contributed by atoms with van der Waals surface area (Å²) in [4.78, 5) is 10.4. The number of hydrogen-bond donors (Lipinski definition) is 1. The molecule has 0 saturated heterocycles. The topological polar surface area (TPSA) is 70.3 Å². The molecule has 0 unspecified atom stereocenters. The molecule has 0 aromatic heterocycles. The quantitative estimate of drug-likeness (QED) is 0.810. The molecule has 0 spiro atoms. The van der Waals surface area contributed by atoms with Crippen molar-refractivity contribution < 1.29 is 14.6 Å². The van der Waals surface area contributed by atoms with Crippen molar-refractivity contribution in [2.75, 3.05) is 7.11 Å². The molecule has 15 heavy (non-hydrogen) atoms. The molecule has 0 bridgehead atoms. The minimum absolute atomic E-state index is 0.0667. The number of aliphatic carboxylic acids is 1. The van der Waals surface area contributed by atoms with Crippen LogP contribution in [0, 0.1) is 11.3 Å². The molecule has 1 aromatic carbocycles. The Balaban J connectivity index is 2.85. The second kappa shape index (κ2) is 5.01. The third-order valence-corrected chi connectivity index (χ3v) is 2.01. The average molecular weight is 205 g/mol. The van der Waals surface area contributed by atoms with Crippen LogP contribution in [0.3, 0.4) is 0 Å². The van der Waals surface area contributed by atoms with E-state index in [4.69, 9.17) is 15.1 Å². The fourth-order valence-corrected chi connectivity index (χ4v) is 1.25. The molecule has 0 aliphatic rings. The van der Waals surface area contributed by atoms with Crippen LogP contribution in [0.4, 0.5) is 0 Å². The number of carbonyl (C=O) groups is 1. The number of nitrogens with zero attached hydrogens (tertiary/aromatic N) is 1. The second-order valence-electron chi connectivity index (χ2n) is 3.04. The molecule has 1 aromatic rings. The first-order valence-electron chi connectivity index (χ1n) is 4.46. The smallest absolute Gasteiger partial charge is 0.303 e. The zero-order chi connectivity index (χ0) is 11.3. The van der Waals surface area contributed by atoms with Crippen molar-refractivity contribution in [1.29, 1.82) is 5.26 Å². The van der Waals surface area contributed by atoms with E-state index in [2.05, 4.69) is 0 Å². The van der Waals surface area contributed by atoms with Gasteiger partial charge in [-0.05, 0) is 24.1 Å². The van der Waals surface area contributed by atoms with E-state index in [1.807, 2.05) is 6.07 Å². The zero-order valence-electron chi connectivity index (χ0n) is 8.36. The van der Waals surface area contributed by atoms with Crippen molar-refractivity contribution in [3.63, 3.8) is 0 Å². The molecule has 0 amide bonds. The molecule has 0 aliphatic carbocycles. The molecule has 0 fully saturated rings. The Kier molecular flexibility index (Phi) is 3.69. The highest BCUT2D eigenvalue weighted by atomic mass is 16.5. The number of aryl methyl sites for hydroxylation is 1. The van der Waals surface area contributed by atoms with E-state index in [9.17, 15) is 4.79 Å². The number of rotatable bonds is 4. The predicted octanol–water partition coefficient (Wildman–Crippen LogP) is 1.58. The van der Waals surface area contributed by atoms with Gasteiger partial charge >= 0.3 is 5.97 Å². The lowest BCUT2D eigenvalue weighted by Gasteiger charge is -2.04. The van der Waals surface area contributed by atoms with Crippen molar-refractivity contribution >= 4 is 5.97 Å². The van der Waals surface area contributed by atoms with Gasteiger partial charge in [0.25, 0.3) is 0 Å². The Morgan fingerprint density at radius 2 is 2.33 bits per heavy atom. The maximum Gasteiger partial charge on any atom is 0.303 e. The lowest BCUT2D eigenvalue weighted by atomic mass is 10.1. The van der Waals surface area contributed by atoms with E-state index in [1.54, 1.807) is 18.2 Å². The van der Waals surface area contributed by atoms with Gasteiger partial charge in [-0.1, -0.05) is 6.07 Å². The monoisotopic (exact) mass is 205 g/mol. The number of ether oxygens (including phenoxy) is 1. The van der Waals surface area contributed by atoms with Crippen LogP contribution < -0.4 is 4.74 Å². The predicted molar refractivity (Wildman–Crippen MR) is 53.7 cm³/mol. The number of benzene rings is 1. The van der Waals surface area contributed by atoms with Crippen LogP contribution >= 0.6 is 0 Å². The molecule has 0 saturated carbocycles. The van der Waals surface area contributed by atoms with Crippen molar-refractivity contribution in [2.45, 2.75) is 12.8 Å². The van der Waals surface area contributed by atoms with Gasteiger partial charge in [-0.2, -0.15) is 5.26 Å². The Hall–Kier alpha value is -2.02. The fraction of sp³-hybridized carbons (Fsp3) is 0.273. The van der Waals surface area contributed by atoms with E-state index >= 15 is 0 Å². The molecule has 1 rings (SSSR count). The van der Waals surface area contributed by atoms with Gasteiger partial charge in [0.1, 0.15) is 11.8 Å². The third-order valence-electron chi connectivity index (χ3n) is 2.01. The van der Waals surface area contributed by atoms with Crippen LogP contribution in [0.5, 0.6) is 5.75 Å². The second-order valence-corrected chi connectivity index (χ2v) is 3.04. The van der Waals surface area contributed by atoms with Crippen LogP contribution in [0.1, 0.15) is 17.5 Å². The average Bonchev–Trinajstić information content (AvgIpc) is 2.25. The highest BCUT2D eigenvalue weighted by Crippen LogP contribution is 2.19. The van der Waals surface area contributed by atoms with Gasteiger partial charge in [0, 0.05) is 6.42 Å². The summed E-state index contributed by atoms with van der Waals surface area (Å²) in [7, 11) is 1.49. The minimum atomic E-state index is -0.843. The Labute approximate surface area is 87.7 Å². The van der Waals surface area contributed by atoms with E-state index < -0.39 is 5.97 Å². The molecule has 0 aliphatic heterocycles. The van der Waals surface area contributed by atoms with Crippen LogP contribution in [0.15, 0.2) is 18.2 Å². The van der Waals surface area contributed by atoms with E-state index in [0.717, 1.165) is 5.56 Å². The maximum absolute atomic E-state index is 10.4. The number of hydrogen-bond acceptors (Lipinski definition) is 3. The molecule has 1 N–H and O–H groups in total. The van der Waals surface area contributed by atoms with Crippen LogP contribution in [-0.4, -0.2) is 18.2 Å². The van der Waals surface area contributed by atoms with Crippen molar-refractivity contribution in [1.82, 2.24) is 0 Å². The fourth-order valence-electron chi connectivity index (χ4n) is 1.25. The summed E-state index contributed by atoms with van der Waals surface area (Å²) in [6.45, 7) is 0. The largest absolute Gasteiger partial charge is 0.495 e. The van der Waals surface area contributed by atoms with Crippen molar-refractivity contribution in [2.24, 2.45) is 0 Å². The summed E-state index contributed by atoms with van der Waals surface area (Å²) >= 11 is 0. The third kappa shape index (κ3) is 2.99. The van der Waals surface area contributed by atoms with Crippen molar-refractivity contribution in [3.05, 3.63) is 29.3 Å². The molecule has 78 valence electrons. The number of methoxy groups -OCH3 is 1. The minimum Gasteiger partial charge on any atom is -0.495 e. The highest BCUT2D eigenvalue weighted by Gasteiger charge is 2.04. The summed E-state index contributed by atoms with van der Waals surface area (Å²) in [5.74, 6) is -0.332. The lowest BCUT2D eigenvalue weighted by Crippen LogP contribution is -1.98. The lowest BCUT2D eigenvalue weighted by molar-refractivity contribution is -0.136. The Morgan fingerprint density at radius 3 is 2.87 bits per heavy atom. The van der Waals surface area contributed by atoms with E-state index in [0.29, 0.717) is 17.7 Å². The van der Waals surface area contributed by atoms with E-state index in [-0.39, 0.29) is 6.42 Å². The van der Waals surface area contributed by atoms with E-state index in [1.165, 1.54) is 7.11 Å². The van der Waals surface area contributed by atoms with Crippen LogP contribution in [0.25, 0.3) is 0 Å². The maximum atomic E-state index is 10.4. The summed E-state index contributed by atoms with van der Waals surface area (Å²) in [5.41, 5.74) is 1.26. The van der Waals surface area contributed by atoms with Crippen LogP contribution in [0.2, 0.25) is 0 Å². The summed E-state index contributed by atoms with van der Waals surface area (Å²) in [6.07, 6.45) is 0.491. The Bertz CT molecular complexity index is 407.